The lowest BCUT2D eigenvalue weighted by atomic mass is 10.1. The van der Waals surface area contributed by atoms with E-state index in [9.17, 15) is 9.18 Å². The van der Waals surface area contributed by atoms with Crippen molar-refractivity contribution < 1.29 is 9.18 Å². The molecule has 1 atom stereocenters. The van der Waals surface area contributed by atoms with Crippen LogP contribution in [0.2, 0.25) is 0 Å². The lowest BCUT2D eigenvalue weighted by Gasteiger charge is -2.02. The molecule has 1 nitrogen and oxygen atoms in total. The summed E-state index contributed by atoms with van der Waals surface area (Å²) in [5.74, 6) is -0.398. The van der Waals surface area contributed by atoms with Gasteiger partial charge in [-0.3, -0.25) is 9.18 Å². The second-order valence-corrected chi connectivity index (χ2v) is 1.87. The lowest BCUT2D eigenvalue weighted by Crippen LogP contribution is -2.10. The third-order valence-corrected chi connectivity index (χ3v) is 1.25. The number of hydrogen-bond acceptors (Lipinski definition) is 1. The predicted octanol–water partition coefficient (Wildman–Crippen LogP) is 1.57. The zero-order chi connectivity index (χ0) is 6.57. The Morgan fingerprint density at radius 1 is 1.75 bits per heavy atom. The van der Waals surface area contributed by atoms with Crippen LogP contribution in [0.4, 0.5) is 4.39 Å². The van der Waals surface area contributed by atoms with Crippen LogP contribution in [0.1, 0.15) is 20.3 Å². The highest BCUT2D eigenvalue weighted by atomic mass is 19.1. The number of carbonyl (C=O) groups excluding carboxylic acids is 1. The Morgan fingerprint density at radius 3 is 2.25 bits per heavy atom. The molecule has 0 aromatic rings. The summed E-state index contributed by atoms with van der Waals surface area (Å²) in [5.41, 5.74) is 0. The average molecular weight is 118 g/mol. The number of hydrogen-bond donors (Lipinski definition) is 0. The maximum atomic E-state index is 11.7. The zero-order valence-corrected chi connectivity index (χ0v) is 5.28. The highest BCUT2D eigenvalue weighted by molar-refractivity contribution is 5.78. The number of rotatable bonds is 3. The van der Waals surface area contributed by atoms with Gasteiger partial charge >= 0.3 is 0 Å². The first kappa shape index (κ1) is 7.60. The number of ketones is 1. The van der Waals surface area contributed by atoms with Crippen LogP contribution in [0.3, 0.4) is 0 Å². The summed E-state index contributed by atoms with van der Waals surface area (Å²) in [6, 6.07) is 0. The van der Waals surface area contributed by atoms with Crippen molar-refractivity contribution in [2.24, 2.45) is 5.92 Å². The number of carbonyl (C=O) groups is 1. The molecule has 0 aliphatic carbocycles. The molecule has 0 aromatic carbocycles. The van der Waals surface area contributed by atoms with Crippen LogP contribution in [-0.2, 0) is 4.79 Å². The number of halogens is 1. The van der Waals surface area contributed by atoms with Crippen molar-refractivity contribution in [2.45, 2.75) is 20.3 Å². The SMILES string of the molecule is CCC(CF)C(C)=O. The van der Waals surface area contributed by atoms with Gasteiger partial charge in [0.2, 0.25) is 0 Å². The average Bonchev–Trinajstić information content (AvgIpc) is 1.69. The fraction of sp³-hybridized carbons (Fsp3) is 0.833. The summed E-state index contributed by atoms with van der Waals surface area (Å²) in [5, 5.41) is 0. The fourth-order valence-corrected chi connectivity index (χ4v) is 0.505. The summed E-state index contributed by atoms with van der Waals surface area (Å²) in [6.07, 6.45) is 0.617. The van der Waals surface area contributed by atoms with Gasteiger partial charge in [0.05, 0.1) is 6.67 Å². The van der Waals surface area contributed by atoms with Gasteiger partial charge in [-0.05, 0) is 13.3 Å². The maximum Gasteiger partial charge on any atom is 0.135 e. The summed E-state index contributed by atoms with van der Waals surface area (Å²) in [4.78, 5) is 10.4. The largest absolute Gasteiger partial charge is 0.300 e. The van der Waals surface area contributed by atoms with Crippen LogP contribution in [0, 0.1) is 5.92 Å². The van der Waals surface area contributed by atoms with Crippen LogP contribution in [0.5, 0.6) is 0 Å². The molecule has 0 bridgehead atoms. The van der Waals surface area contributed by atoms with Crippen LogP contribution < -0.4 is 0 Å². The summed E-state index contributed by atoms with van der Waals surface area (Å²) < 4.78 is 11.7. The second kappa shape index (κ2) is 3.58. The van der Waals surface area contributed by atoms with Crippen molar-refractivity contribution in [1.82, 2.24) is 0 Å². The molecule has 0 radical (unpaired) electrons. The molecular weight excluding hydrogens is 107 g/mol. The van der Waals surface area contributed by atoms with Gasteiger partial charge in [0.25, 0.3) is 0 Å². The Labute approximate surface area is 48.9 Å². The van der Waals surface area contributed by atoms with Crippen molar-refractivity contribution >= 4 is 5.78 Å². The first-order chi connectivity index (χ1) is 3.72. The topological polar surface area (TPSA) is 17.1 Å². The monoisotopic (exact) mass is 118 g/mol. The van der Waals surface area contributed by atoms with Crippen molar-refractivity contribution in [1.29, 1.82) is 0 Å². The fourth-order valence-electron chi connectivity index (χ4n) is 0.505. The Hall–Kier alpha value is -0.400. The molecule has 8 heavy (non-hydrogen) atoms. The summed E-state index contributed by atoms with van der Waals surface area (Å²) in [7, 11) is 0. The van der Waals surface area contributed by atoms with E-state index in [1.165, 1.54) is 6.92 Å². The third-order valence-electron chi connectivity index (χ3n) is 1.25. The van der Waals surface area contributed by atoms with E-state index in [0.29, 0.717) is 6.42 Å². The first-order valence-electron chi connectivity index (χ1n) is 2.78. The van der Waals surface area contributed by atoms with Crippen molar-refractivity contribution in [3.05, 3.63) is 0 Å². The molecule has 0 rings (SSSR count). The molecule has 0 N–H and O–H groups in total. The van der Waals surface area contributed by atoms with E-state index in [1.54, 1.807) is 0 Å². The number of alkyl halides is 1. The third kappa shape index (κ3) is 2.05. The van der Waals surface area contributed by atoms with Crippen molar-refractivity contribution in [2.75, 3.05) is 6.67 Å². The van der Waals surface area contributed by atoms with E-state index in [4.69, 9.17) is 0 Å². The Bertz CT molecular complexity index is 76.6. The molecule has 0 aliphatic rings. The van der Waals surface area contributed by atoms with Gasteiger partial charge < -0.3 is 0 Å². The van der Waals surface area contributed by atoms with E-state index in [-0.39, 0.29) is 11.7 Å². The van der Waals surface area contributed by atoms with Gasteiger partial charge in [-0.25, -0.2) is 0 Å². The maximum absolute atomic E-state index is 11.7. The minimum Gasteiger partial charge on any atom is -0.300 e. The molecule has 0 amide bonds. The van der Waals surface area contributed by atoms with E-state index in [1.807, 2.05) is 6.92 Å². The van der Waals surface area contributed by atoms with Gasteiger partial charge in [-0.1, -0.05) is 6.92 Å². The predicted molar refractivity (Wildman–Crippen MR) is 30.4 cm³/mol. The molecule has 0 aromatic heterocycles. The van der Waals surface area contributed by atoms with Gasteiger partial charge in [0.15, 0.2) is 0 Å². The van der Waals surface area contributed by atoms with E-state index >= 15 is 0 Å². The standard InChI is InChI=1S/C6H11FO/c1-3-6(4-7)5(2)8/h6H,3-4H2,1-2H3. The van der Waals surface area contributed by atoms with Gasteiger partial charge in [-0.15, -0.1) is 0 Å². The number of Topliss-reactive ketones (excluding diaryl/α,β-unsaturated/α-hetero) is 1. The van der Waals surface area contributed by atoms with Crippen molar-refractivity contribution in [3.8, 4) is 0 Å². The molecule has 0 fully saturated rings. The minimum absolute atomic E-state index is 0.0463. The first-order valence-corrected chi connectivity index (χ1v) is 2.78. The van der Waals surface area contributed by atoms with Gasteiger partial charge in [0.1, 0.15) is 5.78 Å². The highest BCUT2D eigenvalue weighted by Crippen LogP contribution is 2.02. The minimum atomic E-state index is -0.508. The summed E-state index contributed by atoms with van der Waals surface area (Å²) in [6.45, 7) is 2.73. The van der Waals surface area contributed by atoms with E-state index < -0.39 is 6.67 Å². The van der Waals surface area contributed by atoms with Gasteiger partial charge in [-0.2, -0.15) is 0 Å². The normalized spacial score (nSPS) is 13.4. The van der Waals surface area contributed by atoms with Gasteiger partial charge in [0, 0.05) is 5.92 Å². The summed E-state index contributed by atoms with van der Waals surface area (Å²) >= 11 is 0. The molecule has 0 saturated carbocycles. The smallest absolute Gasteiger partial charge is 0.135 e. The molecule has 2 heteroatoms. The van der Waals surface area contributed by atoms with Crippen LogP contribution in [-0.4, -0.2) is 12.5 Å². The molecular formula is C6H11FO. The molecule has 0 spiro atoms. The second-order valence-electron chi connectivity index (χ2n) is 1.87. The Kier molecular flexibility index (Phi) is 3.40. The quantitative estimate of drug-likeness (QED) is 0.549. The lowest BCUT2D eigenvalue weighted by molar-refractivity contribution is -0.121. The highest BCUT2D eigenvalue weighted by Gasteiger charge is 2.09. The molecule has 0 heterocycles. The van der Waals surface area contributed by atoms with Crippen LogP contribution >= 0.6 is 0 Å². The molecule has 1 unspecified atom stereocenters. The van der Waals surface area contributed by atoms with Crippen molar-refractivity contribution in [3.63, 3.8) is 0 Å². The Morgan fingerprint density at radius 2 is 2.25 bits per heavy atom. The molecule has 0 aliphatic heterocycles. The van der Waals surface area contributed by atoms with Crippen LogP contribution in [0.15, 0.2) is 0 Å². The zero-order valence-electron chi connectivity index (χ0n) is 5.28. The van der Waals surface area contributed by atoms with E-state index in [0.717, 1.165) is 0 Å². The van der Waals surface area contributed by atoms with Crippen LogP contribution in [0.25, 0.3) is 0 Å². The Balaban J connectivity index is 3.52. The molecule has 0 saturated heterocycles. The van der Waals surface area contributed by atoms with E-state index in [2.05, 4.69) is 0 Å². The molecule has 48 valence electrons.